The summed E-state index contributed by atoms with van der Waals surface area (Å²) in [5.41, 5.74) is 9.21. The van der Waals surface area contributed by atoms with E-state index in [9.17, 15) is 0 Å². The third-order valence-electron chi connectivity index (χ3n) is 3.07. The average Bonchev–Trinajstić information content (AvgIpc) is 2.44. The van der Waals surface area contributed by atoms with E-state index in [1.807, 2.05) is 32.1 Å². The molecule has 0 amide bonds. The molecule has 2 aromatic rings. The molecule has 1 heteroatoms. The van der Waals surface area contributed by atoms with E-state index in [1.54, 1.807) is 0 Å². The summed E-state index contributed by atoms with van der Waals surface area (Å²) in [6.45, 7) is 3.98. The standard InChI is InChI=1S/C18H19N/c1-3-8-17(18(19)9-4-2)16-13-7-11-14-10-5-6-12-15(14)16/h3-13H,19H2,1-2H3/b8-3-,9-4-,18-17+. The van der Waals surface area contributed by atoms with Gasteiger partial charge in [-0.2, -0.15) is 0 Å². The molecule has 0 saturated heterocycles. The van der Waals surface area contributed by atoms with Crippen molar-refractivity contribution in [2.24, 2.45) is 5.73 Å². The van der Waals surface area contributed by atoms with Crippen molar-refractivity contribution >= 4 is 16.3 Å². The highest BCUT2D eigenvalue weighted by Gasteiger charge is 2.06. The molecule has 0 atom stereocenters. The third kappa shape index (κ3) is 2.76. The van der Waals surface area contributed by atoms with Crippen LogP contribution >= 0.6 is 0 Å². The van der Waals surface area contributed by atoms with E-state index in [-0.39, 0.29) is 0 Å². The second kappa shape index (κ2) is 6.05. The van der Waals surface area contributed by atoms with E-state index in [0.29, 0.717) is 0 Å². The van der Waals surface area contributed by atoms with Gasteiger partial charge in [-0.1, -0.05) is 60.7 Å². The fourth-order valence-electron chi connectivity index (χ4n) is 2.24. The summed E-state index contributed by atoms with van der Waals surface area (Å²) >= 11 is 0. The highest BCUT2D eigenvalue weighted by molar-refractivity contribution is 5.97. The minimum Gasteiger partial charge on any atom is -0.398 e. The first-order valence-electron chi connectivity index (χ1n) is 6.51. The van der Waals surface area contributed by atoms with Crippen LogP contribution in [0.25, 0.3) is 16.3 Å². The van der Waals surface area contributed by atoms with Gasteiger partial charge in [0.15, 0.2) is 0 Å². The minimum absolute atomic E-state index is 0.789. The molecule has 2 aromatic carbocycles. The highest BCUT2D eigenvalue weighted by atomic mass is 14.6. The van der Waals surface area contributed by atoms with Crippen LogP contribution in [0.3, 0.4) is 0 Å². The van der Waals surface area contributed by atoms with Gasteiger partial charge >= 0.3 is 0 Å². The van der Waals surface area contributed by atoms with Crippen molar-refractivity contribution in [2.75, 3.05) is 0 Å². The molecule has 1 nitrogen and oxygen atoms in total. The Morgan fingerprint density at radius 1 is 0.895 bits per heavy atom. The molecule has 0 aliphatic carbocycles. The average molecular weight is 249 g/mol. The van der Waals surface area contributed by atoms with Gasteiger partial charge in [0.2, 0.25) is 0 Å². The van der Waals surface area contributed by atoms with Crippen LogP contribution in [0.5, 0.6) is 0 Å². The highest BCUT2D eigenvalue weighted by Crippen LogP contribution is 2.27. The lowest BCUT2D eigenvalue weighted by atomic mass is 9.96. The maximum absolute atomic E-state index is 6.18. The Morgan fingerprint density at radius 3 is 2.32 bits per heavy atom. The largest absolute Gasteiger partial charge is 0.398 e. The van der Waals surface area contributed by atoms with Crippen molar-refractivity contribution in [3.05, 3.63) is 78.0 Å². The second-order valence-corrected chi connectivity index (χ2v) is 4.40. The monoisotopic (exact) mass is 249 g/mol. The van der Waals surface area contributed by atoms with Gasteiger partial charge in [0.25, 0.3) is 0 Å². The normalized spacial score (nSPS) is 13.4. The number of rotatable bonds is 3. The topological polar surface area (TPSA) is 26.0 Å². The van der Waals surface area contributed by atoms with Crippen molar-refractivity contribution in [3.63, 3.8) is 0 Å². The molecule has 0 aliphatic rings. The van der Waals surface area contributed by atoms with E-state index in [1.165, 1.54) is 16.3 Å². The minimum atomic E-state index is 0.789. The van der Waals surface area contributed by atoms with E-state index in [4.69, 9.17) is 5.73 Å². The predicted molar refractivity (Wildman–Crippen MR) is 84.7 cm³/mol. The molecule has 0 heterocycles. The van der Waals surface area contributed by atoms with Crippen LogP contribution in [0.1, 0.15) is 19.4 Å². The van der Waals surface area contributed by atoms with E-state index in [2.05, 4.69) is 48.5 Å². The summed E-state index contributed by atoms with van der Waals surface area (Å²) in [7, 11) is 0. The van der Waals surface area contributed by atoms with Gasteiger partial charge in [0.05, 0.1) is 0 Å². The summed E-state index contributed by atoms with van der Waals surface area (Å²) in [4.78, 5) is 0. The van der Waals surface area contributed by atoms with Gasteiger partial charge in [0, 0.05) is 11.3 Å². The quantitative estimate of drug-likeness (QED) is 0.786. The summed E-state index contributed by atoms with van der Waals surface area (Å²) in [6, 6.07) is 14.7. The number of benzene rings is 2. The molecule has 0 unspecified atom stereocenters. The van der Waals surface area contributed by atoms with Crippen molar-refractivity contribution in [1.29, 1.82) is 0 Å². The Kier molecular flexibility index (Phi) is 4.19. The van der Waals surface area contributed by atoms with Crippen molar-refractivity contribution in [3.8, 4) is 0 Å². The van der Waals surface area contributed by atoms with E-state index >= 15 is 0 Å². The van der Waals surface area contributed by atoms with Crippen molar-refractivity contribution < 1.29 is 0 Å². The van der Waals surface area contributed by atoms with Gasteiger partial charge in [-0.25, -0.2) is 0 Å². The van der Waals surface area contributed by atoms with Crippen molar-refractivity contribution in [1.82, 2.24) is 0 Å². The fraction of sp³-hybridized carbons (Fsp3) is 0.111. The Hall–Kier alpha value is -2.28. The van der Waals surface area contributed by atoms with Gasteiger partial charge in [-0.05, 0) is 36.3 Å². The van der Waals surface area contributed by atoms with Crippen LogP contribution in [0, 0.1) is 0 Å². The van der Waals surface area contributed by atoms with Crippen molar-refractivity contribution in [2.45, 2.75) is 13.8 Å². The van der Waals surface area contributed by atoms with Gasteiger partial charge < -0.3 is 5.73 Å². The summed E-state index contributed by atoms with van der Waals surface area (Å²) in [6.07, 6.45) is 7.99. The zero-order chi connectivity index (χ0) is 13.7. The number of hydrogen-bond donors (Lipinski definition) is 1. The van der Waals surface area contributed by atoms with Crippen LogP contribution < -0.4 is 5.73 Å². The predicted octanol–water partition coefficient (Wildman–Crippen LogP) is 4.66. The number of nitrogens with two attached hydrogens (primary N) is 1. The van der Waals surface area contributed by atoms with Gasteiger partial charge in [-0.3, -0.25) is 0 Å². The first-order chi connectivity index (χ1) is 9.27. The molecule has 0 bridgehead atoms. The van der Waals surface area contributed by atoms with E-state index in [0.717, 1.165) is 11.3 Å². The maximum Gasteiger partial charge on any atom is 0.0390 e. The summed E-state index contributed by atoms with van der Waals surface area (Å²) < 4.78 is 0. The number of hydrogen-bond acceptors (Lipinski definition) is 1. The van der Waals surface area contributed by atoms with Gasteiger partial charge in [-0.15, -0.1) is 0 Å². The molecule has 2 rings (SSSR count). The Morgan fingerprint density at radius 2 is 1.58 bits per heavy atom. The number of allylic oxidation sites excluding steroid dienone is 5. The molecule has 19 heavy (non-hydrogen) atoms. The third-order valence-corrected chi connectivity index (χ3v) is 3.07. The summed E-state index contributed by atoms with van der Waals surface area (Å²) in [5, 5.41) is 2.46. The van der Waals surface area contributed by atoms with Gasteiger partial charge in [0.1, 0.15) is 0 Å². The molecule has 0 saturated carbocycles. The lowest BCUT2D eigenvalue weighted by Crippen LogP contribution is -1.98. The fourth-order valence-corrected chi connectivity index (χ4v) is 2.24. The lowest BCUT2D eigenvalue weighted by Gasteiger charge is -2.10. The summed E-state index contributed by atoms with van der Waals surface area (Å²) in [5.74, 6) is 0. The molecule has 0 aromatic heterocycles. The van der Waals surface area contributed by atoms with Crippen LogP contribution in [0.2, 0.25) is 0 Å². The zero-order valence-corrected chi connectivity index (χ0v) is 11.4. The first kappa shape index (κ1) is 13.2. The first-order valence-corrected chi connectivity index (χ1v) is 6.51. The second-order valence-electron chi connectivity index (χ2n) is 4.40. The van der Waals surface area contributed by atoms with Crippen LogP contribution in [0.15, 0.2) is 72.5 Å². The number of fused-ring (bicyclic) bond motifs is 1. The SMILES string of the molecule is C\C=C/C(N)=C(/C=C\C)c1cccc2ccccc12. The Bertz CT molecular complexity index is 655. The Balaban J connectivity index is 2.74. The molecule has 0 fully saturated rings. The Labute approximate surface area is 114 Å². The zero-order valence-electron chi connectivity index (χ0n) is 11.4. The van der Waals surface area contributed by atoms with Crippen LogP contribution in [-0.4, -0.2) is 0 Å². The maximum atomic E-state index is 6.18. The molecule has 96 valence electrons. The molecule has 0 radical (unpaired) electrons. The lowest BCUT2D eigenvalue weighted by molar-refractivity contribution is 1.41. The smallest absolute Gasteiger partial charge is 0.0390 e. The van der Waals surface area contributed by atoms with E-state index < -0.39 is 0 Å². The molecular weight excluding hydrogens is 230 g/mol. The molecular formula is C18H19N. The molecule has 0 spiro atoms. The van der Waals surface area contributed by atoms with Crippen LogP contribution in [0.4, 0.5) is 0 Å². The molecule has 0 aliphatic heterocycles. The molecule has 2 N–H and O–H groups in total. The van der Waals surface area contributed by atoms with Crippen LogP contribution in [-0.2, 0) is 0 Å².